The van der Waals surface area contributed by atoms with E-state index in [4.69, 9.17) is 4.74 Å². The Balaban J connectivity index is 2.43. The van der Waals surface area contributed by atoms with Crippen molar-refractivity contribution < 1.29 is 22.7 Å². The Labute approximate surface area is 209 Å². The van der Waals surface area contributed by atoms with E-state index in [0.717, 1.165) is 28.1 Å². The Morgan fingerprint density at radius 1 is 1.06 bits per heavy atom. The van der Waals surface area contributed by atoms with Gasteiger partial charge in [0.05, 0.1) is 19.1 Å². The molecule has 1 N–H and O–H groups in total. The minimum absolute atomic E-state index is 0.0423. The molecule has 0 saturated carbocycles. The summed E-state index contributed by atoms with van der Waals surface area (Å²) < 4.78 is 31.5. The summed E-state index contributed by atoms with van der Waals surface area (Å²) in [6.45, 7) is 7.44. The van der Waals surface area contributed by atoms with Crippen molar-refractivity contribution >= 4 is 27.5 Å². The van der Waals surface area contributed by atoms with Gasteiger partial charge in [-0.25, -0.2) is 8.42 Å². The first-order chi connectivity index (χ1) is 16.5. The number of sulfonamides is 1. The highest BCUT2D eigenvalue weighted by Gasteiger charge is 2.32. The van der Waals surface area contributed by atoms with Crippen LogP contribution in [0.3, 0.4) is 0 Å². The monoisotopic (exact) mass is 503 g/mol. The van der Waals surface area contributed by atoms with Crippen LogP contribution in [0.5, 0.6) is 5.75 Å². The zero-order valence-corrected chi connectivity index (χ0v) is 22.3. The van der Waals surface area contributed by atoms with Crippen LogP contribution in [-0.2, 0) is 26.2 Å². The van der Waals surface area contributed by atoms with E-state index in [1.54, 1.807) is 24.3 Å². The predicted molar refractivity (Wildman–Crippen MR) is 139 cm³/mol. The molecule has 0 aromatic heterocycles. The van der Waals surface area contributed by atoms with Crippen molar-refractivity contribution in [1.29, 1.82) is 0 Å². The molecule has 192 valence electrons. The lowest BCUT2D eigenvalue weighted by Gasteiger charge is -2.33. The summed E-state index contributed by atoms with van der Waals surface area (Å²) in [7, 11) is -2.26. The molecule has 0 unspecified atom stereocenters. The van der Waals surface area contributed by atoms with Crippen molar-refractivity contribution in [2.75, 3.05) is 24.2 Å². The Kier molecular flexibility index (Phi) is 10.1. The standard InChI is InChI=1S/C26H37N3O5S/c1-7-20(4)27-26(31)24(8-2)28(17-21-11-9-10-19(3)16-21)25(30)18-29(35(6,32)33)22-12-14-23(34-5)15-13-22/h9-16,20,24H,7-8,17-18H2,1-6H3,(H,27,31)/t20-,24+/m0/s1. The second-order valence-electron chi connectivity index (χ2n) is 8.72. The summed E-state index contributed by atoms with van der Waals surface area (Å²) in [6.07, 6.45) is 2.21. The Morgan fingerprint density at radius 3 is 2.23 bits per heavy atom. The summed E-state index contributed by atoms with van der Waals surface area (Å²) in [5, 5.41) is 2.96. The van der Waals surface area contributed by atoms with Gasteiger partial charge in [-0.15, -0.1) is 0 Å². The zero-order chi connectivity index (χ0) is 26.2. The van der Waals surface area contributed by atoms with Crippen molar-refractivity contribution in [1.82, 2.24) is 10.2 Å². The molecular weight excluding hydrogens is 466 g/mol. The molecule has 0 fully saturated rings. The fourth-order valence-corrected chi connectivity index (χ4v) is 4.58. The number of hydrogen-bond donors (Lipinski definition) is 1. The number of ether oxygens (including phenoxy) is 1. The van der Waals surface area contributed by atoms with Gasteiger partial charge in [0.2, 0.25) is 21.8 Å². The molecule has 2 aromatic rings. The third kappa shape index (κ3) is 7.99. The quantitative estimate of drug-likeness (QED) is 0.478. The highest BCUT2D eigenvalue weighted by atomic mass is 32.2. The van der Waals surface area contributed by atoms with E-state index < -0.39 is 28.5 Å². The number of nitrogens with one attached hydrogen (secondary N) is 1. The van der Waals surface area contributed by atoms with Gasteiger partial charge in [0, 0.05) is 12.6 Å². The van der Waals surface area contributed by atoms with Gasteiger partial charge >= 0.3 is 0 Å². The topological polar surface area (TPSA) is 96.0 Å². The number of carbonyl (C=O) groups excluding carboxylic acids is 2. The number of amides is 2. The number of aryl methyl sites for hydroxylation is 1. The van der Waals surface area contributed by atoms with Gasteiger partial charge in [0.15, 0.2) is 0 Å². The molecule has 0 bridgehead atoms. The molecule has 0 heterocycles. The molecule has 9 heteroatoms. The van der Waals surface area contributed by atoms with E-state index in [-0.39, 0.29) is 18.5 Å². The first-order valence-corrected chi connectivity index (χ1v) is 13.6. The fourth-order valence-electron chi connectivity index (χ4n) is 3.73. The number of rotatable bonds is 12. The van der Waals surface area contributed by atoms with Crippen molar-refractivity contribution in [2.24, 2.45) is 0 Å². The lowest BCUT2D eigenvalue weighted by Crippen LogP contribution is -2.53. The van der Waals surface area contributed by atoms with Crippen LogP contribution >= 0.6 is 0 Å². The third-order valence-electron chi connectivity index (χ3n) is 5.86. The van der Waals surface area contributed by atoms with Crippen LogP contribution in [0.15, 0.2) is 48.5 Å². The Morgan fingerprint density at radius 2 is 1.71 bits per heavy atom. The number of benzene rings is 2. The van der Waals surface area contributed by atoms with Gasteiger partial charge in [-0.05, 0) is 56.5 Å². The minimum Gasteiger partial charge on any atom is -0.497 e. The molecule has 2 amide bonds. The third-order valence-corrected chi connectivity index (χ3v) is 7.00. The predicted octanol–water partition coefficient (Wildman–Crippen LogP) is 3.49. The first-order valence-electron chi connectivity index (χ1n) is 11.8. The molecule has 0 aliphatic carbocycles. The van der Waals surface area contributed by atoms with E-state index in [1.807, 2.05) is 52.0 Å². The van der Waals surface area contributed by atoms with Crippen LogP contribution in [0, 0.1) is 6.92 Å². The van der Waals surface area contributed by atoms with Crippen molar-refractivity contribution in [2.45, 2.75) is 59.2 Å². The van der Waals surface area contributed by atoms with E-state index >= 15 is 0 Å². The normalized spacial score (nSPS) is 13.0. The molecule has 0 aliphatic rings. The summed E-state index contributed by atoms with van der Waals surface area (Å²) in [6, 6.07) is 13.4. The maximum atomic E-state index is 13.7. The average molecular weight is 504 g/mol. The largest absolute Gasteiger partial charge is 0.497 e. The van der Waals surface area contributed by atoms with Crippen LogP contribution in [0.2, 0.25) is 0 Å². The lowest BCUT2D eigenvalue weighted by atomic mass is 10.1. The van der Waals surface area contributed by atoms with Crippen LogP contribution in [0.4, 0.5) is 5.69 Å². The molecule has 8 nitrogen and oxygen atoms in total. The smallest absolute Gasteiger partial charge is 0.244 e. The van der Waals surface area contributed by atoms with Gasteiger partial charge in [0.25, 0.3) is 0 Å². The maximum Gasteiger partial charge on any atom is 0.244 e. The SMILES string of the molecule is CC[C@H](C(=O)N[C@@H](C)CC)N(Cc1cccc(C)c1)C(=O)CN(c1ccc(OC)cc1)S(C)(=O)=O. The second kappa shape index (κ2) is 12.6. The summed E-state index contributed by atoms with van der Waals surface area (Å²) in [4.78, 5) is 28.3. The molecule has 0 saturated heterocycles. The summed E-state index contributed by atoms with van der Waals surface area (Å²) in [5.41, 5.74) is 2.24. The van der Waals surface area contributed by atoms with Crippen LogP contribution in [0.25, 0.3) is 0 Å². The van der Waals surface area contributed by atoms with Crippen molar-refractivity contribution in [3.63, 3.8) is 0 Å². The number of methoxy groups -OCH3 is 1. The lowest BCUT2D eigenvalue weighted by molar-refractivity contribution is -0.140. The summed E-state index contributed by atoms with van der Waals surface area (Å²) >= 11 is 0. The first kappa shape index (κ1) is 28.2. The fraction of sp³-hybridized carbons (Fsp3) is 0.462. The highest BCUT2D eigenvalue weighted by Crippen LogP contribution is 2.23. The molecule has 0 spiro atoms. The van der Waals surface area contributed by atoms with E-state index in [2.05, 4.69) is 5.32 Å². The molecule has 2 aromatic carbocycles. The molecule has 0 aliphatic heterocycles. The Bertz CT molecular complexity index is 1100. The van der Waals surface area contributed by atoms with E-state index in [1.165, 1.54) is 12.0 Å². The maximum absolute atomic E-state index is 13.7. The number of nitrogens with zero attached hydrogens (tertiary/aromatic N) is 2. The van der Waals surface area contributed by atoms with Gasteiger partial charge < -0.3 is 15.0 Å². The number of anilines is 1. The van der Waals surface area contributed by atoms with Gasteiger partial charge in [0.1, 0.15) is 18.3 Å². The van der Waals surface area contributed by atoms with Crippen LogP contribution < -0.4 is 14.4 Å². The van der Waals surface area contributed by atoms with Gasteiger partial charge in [-0.2, -0.15) is 0 Å². The minimum atomic E-state index is -3.78. The molecule has 35 heavy (non-hydrogen) atoms. The summed E-state index contributed by atoms with van der Waals surface area (Å²) in [5.74, 6) is -0.139. The van der Waals surface area contributed by atoms with Crippen molar-refractivity contribution in [3.8, 4) is 5.75 Å². The average Bonchev–Trinajstić information content (AvgIpc) is 2.81. The molecule has 2 rings (SSSR count). The second-order valence-corrected chi connectivity index (χ2v) is 10.6. The molecular formula is C26H37N3O5S. The van der Waals surface area contributed by atoms with Crippen molar-refractivity contribution in [3.05, 3.63) is 59.7 Å². The van der Waals surface area contributed by atoms with Crippen LogP contribution in [-0.4, -0.2) is 57.1 Å². The van der Waals surface area contributed by atoms with E-state index in [0.29, 0.717) is 17.9 Å². The van der Waals surface area contributed by atoms with Crippen LogP contribution in [0.1, 0.15) is 44.7 Å². The van der Waals surface area contributed by atoms with Gasteiger partial charge in [-0.3, -0.25) is 13.9 Å². The van der Waals surface area contributed by atoms with E-state index in [9.17, 15) is 18.0 Å². The number of hydrogen-bond acceptors (Lipinski definition) is 5. The molecule has 0 radical (unpaired) electrons. The van der Waals surface area contributed by atoms with Gasteiger partial charge in [-0.1, -0.05) is 43.7 Å². The molecule has 2 atom stereocenters. The number of carbonyl (C=O) groups is 2. The Hall–Kier alpha value is -3.07. The zero-order valence-electron chi connectivity index (χ0n) is 21.4. The highest BCUT2D eigenvalue weighted by molar-refractivity contribution is 7.92.